The molecule has 0 bridgehead atoms. The van der Waals surface area contributed by atoms with Crippen molar-refractivity contribution >= 4 is 17.7 Å². The van der Waals surface area contributed by atoms with Gasteiger partial charge in [-0.05, 0) is 30.9 Å². The molecule has 0 radical (unpaired) electrons. The van der Waals surface area contributed by atoms with E-state index in [4.69, 9.17) is 0 Å². The predicted molar refractivity (Wildman–Crippen MR) is 71.1 cm³/mol. The highest BCUT2D eigenvalue weighted by molar-refractivity contribution is 7.99. The highest BCUT2D eigenvalue weighted by Crippen LogP contribution is 2.30. The molecule has 2 rings (SSSR count). The first kappa shape index (κ1) is 13.2. The normalized spacial score (nSPS) is 38.0. The predicted octanol–water partition coefficient (Wildman–Crippen LogP) is 1.94. The van der Waals surface area contributed by atoms with Crippen LogP contribution >= 0.6 is 11.8 Å². The minimum Gasteiger partial charge on any atom is -0.379 e. The van der Waals surface area contributed by atoms with Gasteiger partial charge in [0.05, 0.1) is 0 Å². The molecule has 4 heteroatoms. The summed E-state index contributed by atoms with van der Waals surface area (Å²) in [5, 5.41) is 13.2. The van der Waals surface area contributed by atoms with Crippen molar-refractivity contribution in [1.82, 2.24) is 5.32 Å². The lowest BCUT2D eigenvalue weighted by molar-refractivity contribution is -0.138. The topological polar surface area (TPSA) is 49.3 Å². The highest BCUT2D eigenvalue weighted by atomic mass is 32.2. The molecule has 17 heavy (non-hydrogen) atoms. The van der Waals surface area contributed by atoms with Crippen molar-refractivity contribution in [3.8, 4) is 0 Å². The van der Waals surface area contributed by atoms with Crippen LogP contribution in [0.25, 0.3) is 0 Å². The van der Waals surface area contributed by atoms with Crippen LogP contribution in [0.15, 0.2) is 0 Å². The Morgan fingerprint density at radius 1 is 1.53 bits per heavy atom. The fraction of sp³-hybridized carbons (Fsp3) is 0.923. The van der Waals surface area contributed by atoms with Gasteiger partial charge in [0.2, 0.25) is 0 Å². The van der Waals surface area contributed by atoms with Gasteiger partial charge in [-0.2, -0.15) is 11.8 Å². The molecule has 1 heterocycles. The summed E-state index contributed by atoms with van der Waals surface area (Å²) < 4.78 is 0. The summed E-state index contributed by atoms with van der Waals surface area (Å²) in [4.78, 5) is 12.1. The van der Waals surface area contributed by atoms with Crippen LogP contribution in [0.4, 0.5) is 0 Å². The molecule has 1 saturated heterocycles. The van der Waals surface area contributed by atoms with Gasteiger partial charge in [-0.3, -0.25) is 4.79 Å². The van der Waals surface area contributed by atoms with Gasteiger partial charge in [0.25, 0.3) is 5.91 Å². The third-order valence-corrected chi connectivity index (χ3v) is 5.29. The van der Waals surface area contributed by atoms with Crippen LogP contribution in [0.5, 0.6) is 0 Å². The van der Waals surface area contributed by atoms with Crippen molar-refractivity contribution in [2.24, 2.45) is 5.92 Å². The van der Waals surface area contributed by atoms with Gasteiger partial charge in [0, 0.05) is 11.8 Å². The number of aliphatic hydroxyl groups is 1. The Morgan fingerprint density at radius 2 is 2.35 bits per heavy atom. The van der Waals surface area contributed by atoms with E-state index in [1.165, 1.54) is 19.3 Å². The standard InChI is InChI=1S/C13H23NO2S/c1-2-10-4-3-5-11(8-10)14-12(15)13(16)6-7-17-9-13/h10-11,16H,2-9H2,1H3,(H,14,15). The minimum absolute atomic E-state index is 0.135. The lowest BCUT2D eigenvalue weighted by atomic mass is 9.84. The van der Waals surface area contributed by atoms with Gasteiger partial charge in [0.15, 0.2) is 5.60 Å². The summed E-state index contributed by atoms with van der Waals surface area (Å²) in [6, 6.07) is 0.288. The number of carbonyl (C=O) groups excluding carboxylic acids is 1. The van der Waals surface area contributed by atoms with E-state index >= 15 is 0 Å². The van der Waals surface area contributed by atoms with Crippen LogP contribution in [0.1, 0.15) is 45.4 Å². The summed E-state index contributed by atoms with van der Waals surface area (Å²) in [6.45, 7) is 2.22. The summed E-state index contributed by atoms with van der Waals surface area (Å²) in [5.74, 6) is 2.07. The highest BCUT2D eigenvalue weighted by Gasteiger charge is 2.40. The molecule has 0 aromatic rings. The molecule has 1 amide bonds. The van der Waals surface area contributed by atoms with Crippen LogP contribution in [0, 0.1) is 5.92 Å². The van der Waals surface area contributed by atoms with E-state index in [1.807, 2.05) is 0 Å². The smallest absolute Gasteiger partial charge is 0.253 e. The Balaban J connectivity index is 1.85. The molecule has 3 atom stereocenters. The number of carbonyl (C=O) groups is 1. The number of rotatable bonds is 3. The van der Waals surface area contributed by atoms with Crippen molar-refractivity contribution in [2.75, 3.05) is 11.5 Å². The fourth-order valence-electron chi connectivity index (χ4n) is 2.85. The molecule has 2 fully saturated rings. The molecule has 2 aliphatic rings. The Hall–Kier alpha value is -0.220. The summed E-state index contributed by atoms with van der Waals surface area (Å²) in [5.41, 5.74) is -1.09. The van der Waals surface area contributed by atoms with Gasteiger partial charge in [-0.15, -0.1) is 0 Å². The van der Waals surface area contributed by atoms with Crippen molar-refractivity contribution in [3.63, 3.8) is 0 Å². The minimum atomic E-state index is -1.09. The molecule has 0 aromatic carbocycles. The van der Waals surface area contributed by atoms with Gasteiger partial charge >= 0.3 is 0 Å². The first-order valence-corrected chi connectivity index (χ1v) is 7.90. The fourth-order valence-corrected chi connectivity index (χ4v) is 4.09. The van der Waals surface area contributed by atoms with Crippen molar-refractivity contribution < 1.29 is 9.90 Å². The second kappa shape index (κ2) is 5.61. The average molecular weight is 257 g/mol. The summed E-state index contributed by atoms with van der Waals surface area (Å²) in [6.07, 6.45) is 6.47. The van der Waals surface area contributed by atoms with Crippen molar-refractivity contribution in [2.45, 2.75) is 57.1 Å². The molecular formula is C13H23NO2S. The number of nitrogens with one attached hydrogen (secondary N) is 1. The number of thioether (sulfide) groups is 1. The van der Waals surface area contributed by atoms with Crippen molar-refractivity contribution in [3.05, 3.63) is 0 Å². The Labute approximate surface area is 108 Å². The maximum Gasteiger partial charge on any atom is 0.253 e. The first-order valence-electron chi connectivity index (χ1n) is 6.75. The van der Waals surface area contributed by atoms with Gasteiger partial charge in [0.1, 0.15) is 0 Å². The molecule has 1 saturated carbocycles. The Bertz CT molecular complexity index is 277. The Morgan fingerprint density at radius 3 is 3.00 bits per heavy atom. The average Bonchev–Trinajstić information content (AvgIpc) is 2.78. The molecule has 3 unspecified atom stereocenters. The van der Waals surface area contributed by atoms with Gasteiger partial charge in [-0.25, -0.2) is 0 Å². The zero-order chi connectivity index (χ0) is 12.3. The second-order valence-electron chi connectivity index (χ2n) is 5.45. The quantitative estimate of drug-likeness (QED) is 0.812. The molecule has 98 valence electrons. The van der Waals surface area contributed by atoms with Crippen LogP contribution in [-0.2, 0) is 4.79 Å². The first-order chi connectivity index (χ1) is 8.14. The SMILES string of the molecule is CCC1CCCC(NC(=O)C2(O)CCSC2)C1. The van der Waals surface area contributed by atoms with Crippen LogP contribution in [0.3, 0.4) is 0 Å². The number of hydrogen-bond acceptors (Lipinski definition) is 3. The van der Waals surface area contributed by atoms with Crippen LogP contribution < -0.4 is 5.32 Å². The zero-order valence-corrected chi connectivity index (χ0v) is 11.4. The van der Waals surface area contributed by atoms with E-state index in [0.29, 0.717) is 12.2 Å². The molecule has 2 N–H and O–H groups in total. The lowest BCUT2D eigenvalue weighted by Gasteiger charge is -2.31. The second-order valence-corrected chi connectivity index (χ2v) is 6.55. The van der Waals surface area contributed by atoms with Gasteiger partial charge < -0.3 is 10.4 Å². The zero-order valence-electron chi connectivity index (χ0n) is 10.6. The number of amides is 1. The van der Waals surface area contributed by atoms with E-state index in [-0.39, 0.29) is 11.9 Å². The van der Waals surface area contributed by atoms with Gasteiger partial charge in [-0.1, -0.05) is 26.2 Å². The summed E-state index contributed by atoms with van der Waals surface area (Å²) >= 11 is 1.67. The molecule has 1 aliphatic heterocycles. The molecular weight excluding hydrogens is 234 g/mol. The van der Waals surface area contributed by atoms with E-state index in [0.717, 1.165) is 24.5 Å². The third kappa shape index (κ3) is 3.16. The largest absolute Gasteiger partial charge is 0.379 e. The maximum absolute atomic E-state index is 12.1. The summed E-state index contributed by atoms with van der Waals surface area (Å²) in [7, 11) is 0. The number of hydrogen-bond donors (Lipinski definition) is 2. The monoisotopic (exact) mass is 257 g/mol. The maximum atomic E-state index is 12.1. The third-order valence-electron chi connectivity index (χ3n) is 4.12. The lowest BCUT2D eigenvalue weighted by Crippen LogP contribution is -2.51. The van der Waals surface area contributed by atoms with E-state index in [9.17, 15) is 9.90 Å². The van der Waals surface area contributed by atoms with E-state index < -0.39 is 5.60 Å². The van der Waals surface area contributed by atoms with Crippen LogP contribution in [-0.4, -0.2) is 34.2 Å². The molecule has 1 aliphatic carbocycles. The molecule has 0 spiro atoms. The molecule has 3 nitrogen and oxygen atoms in total. The van der Waals surface area contributed by atoms with E-state index in [2.05, 4.69) is 12.2 Å². The van der Waals surface area contributed by atoms with Crippen molar-refractivity contribution in [1.29, 1.82) is 0 Å². The Kier molecular flexibility index (Phi) is 4.36. The van der Waals surface area contributed by atoms with E-state index in [1.54, 1.807) is 11.8 Å². The van der Waals surface area contributed by atoms with Crippen LogP contribution in [0.2, 0.25) is 0 Å². The molecule has 0 aromatic heterocycles.